The Morgan fingerprint density at radius 3 is 2.29 bits per heavy atom. The zero-order valence-corrected chi connectivity index (χ0v) is 40.9. The molecule has 8 aliphatic rings. The van der Waals surface area contributed by atoms with Crippen LogP contribution in [0, 0.1) is 11.8 Å². The average Bonchev–Trinajstić information content (AvgIpc) is 3.75. The van der Waals surface area contributed by atoms with Crippen molar-refractivity contribution < 1.29 is 24.3 Å². The number of likely N-dealkylation sites (tertiary alicyclic amines) is 3. The molecule has 5 saturated heterocycles. The third-order valence-electron chi connectivity index (χ3n) is 17.7. The first-order valence-corrected chi connectivity index (χ1v) is 26.6. The van der Waals surface area contributed by atoms with Gasteiger partial charge in [0.15, 0.2) is 5.82 Å². The van der Waals surface area contributed by atoms with Crippen molar-refractivity contribution in [3.8, 4) is 11.3 Å². The lowest BCUT2D eigenvalue weighted by Crippen LogP contribution is -2.60. The van der Waals surface area contributed by atoms with Gasteiger partial charge in [-0.15, -0.1) is 0 Å². The van der Waals surface area contributed by atoms with Gasteiger partial charge >= 0.3 is 0 Å². The lowest BCUT2D eigenvalue weighted by molar-refractivity contribution is -0.139. The van der Waals surface area contributed by atoms with Crippen LogP contribution in [0.1, 0.15) is 127 Å². The Morgan fingerprint density at radius 1 is 0.814 bits per heavy atom. The predicted molar refractivity (Wildman–Crippen MR) is 267 cm³/mol. The van der Waals surface area contributed by atoms with Crippen LogP contribution in [0.4, 0.5) is 17.3 Å². The van der Waals surface area contributed by atoms with Crippen molar-refractivity contribution in [1.29, 1.82) is 0 Å². The minimum Gasteiger partial charge on any atom is -0.373 e. The molecule has 2 unspecified atom stereocenters. The summed E-state index contributed by atoms with van der Waals surface area (Å²) < 4.78 is 2.21. The number of nitrogens with zero attached hydrogens (tertiary/aromatic N) is 9. The Hall–Kier alpha value is -5.61. The van der Waals surface area contributed by atoms with Crippen LogP contribution in [0.3, 0.4) is 0 Å². The third-order valence-corrected chi connectivity index (χ3v) is 17.7. The van der Waals surface area contributed by atoms with Crippen LogP contribution in [-0.4, -0.2) is 140 Å². The molecular formula is C54H69N11O5. The summed E-state index contributed by atoms with van der Waals surface area (Å²) in [5, 5.41) is 18.9. The lowest BCUT2D eigenvalue weighted by Gasteiger charge is -2.51. The van der Waals surface area contributed by atoms with E-state index in [0.717, 1.165) is 83.7 Å². The topological polar surface area (TPSA) is 172 Å². The summed E-state index contributed by atoms with van der Waals surface area (Å²) in [6.07, 6.45) is 15.5. The normalized spacial score (nSPS) is 27.3. The molecule has 0 bridgehead atoms. The molecule has 4 amide bonds. The van der Waals surface area contributed by atoms with E-state index in [2.05, 4.69) is 73.0 Å². The molecule has 370 valence electrons. The van der Waals surface area contributed by atoms with E-state index in [0.29, 0.717) is 83.5 Å². The molecule has 3 atom stereocenters. The van der Waals surface area contributed by atoms with Crippen LogP contribution in [0.2, 0.25) is 0 Å². The number of piperidine rings is 4. The Labute approximate surface area is 410 Å². The Morgan fingerprint density at radius 2 is 1.57 bits per heavy atom. The number of carbonyl (C=O) groups excluding carboxylic acids is 4. The second-order valence-corrected chi connectivity index (χ2v) is 22.2. The van der Waals surface area contributed by atoms with Gasteiger partial charge < -0.3 is 39.5 Å². The zero-order valence-electron chi connectivity index (χ0n) is 40.9. The van der Waals surface area contributed by atoms with Crippen LogP contribution >= 0.6 is 0 Å². The Balaban J connectivity index is 0.711. The van der Waals surface area contributed by atoms with Gasteiger partial charge in [0, 0.05) is 98.6 Å². The monoisotopic (exact) mass is 952 g/mol. The van der Waals surface area contributed by atoms with Gasteiger partial charge in [-0.1, -0.05) is 24.6 Å². The van der Waals surface area contributed by atoms with Gasteiger partial charge in [-0.3, -0.25) is 24.5 Å². The highest BCUT2D eigenvalue weighted by Crippen LogP contribution is 2.54. The zero-order chi connectivity index (χ0) is 47.8. The fourth-order valence-electron chi connectivity index (χ4n) is 13.2. The molecule has 4 aromatic rings. The van der Waals surface area contributed by atoms with Gasteiger partial charge in [-0.25, -0.2) is 15.0 Å². The highest BCUT2D eigenvalue weighted by Gasteiger charge is 2.56. The van der Waals surface area contributed by atoms with Crippen molar-refractivity contribution in [3.05, 3.63) is 60.0 Å². The number of aromatic nitrogens is 4. The number of rotatable bonds is 10. The number of pyridine rings is 2. The maximum atomic E-state index is 14.3. The fourth-order valence-corrected chi connectivity index (χ4v) is 13.2. The molecule has 16 nitrogen and oxygen atoms in total. The second kappa shape index (κ2) is 18.2. The van der Waals surface area contributed by atoms with Crippen LogP contribution in [0.25, 0.3) is 22.3 Å². The van der Waals surface area contributed by atoms with Gasteiger partial charge in [0.25, 0.3) is 0 Å². The molecule has 16 heteroatoms. The molecule has 6 aliphatic heterocycles. The predicted octanol–water partition coefficient (Wildman–Crippen LogP) is 5.95. The summed E-state index contributed by atoms with van der Waals surface area (Å²) in [6.45, 7) is 10.3. The molecule has 9 heterocycles. The van der Waals surface area contributed by atoms with E-state index in [9.17, 15) is 24.3 Å². The fraction of sp³-hybridized carbons (Fsp3) is 0.611. The largest absolute Gasteiger partial charge is 0.373 e. The van der Waals surface area contributed by atoms with Crippen LogP contribution in [0.5, 0.6) is 0 Å². The minimum absolute atomic E-state index is 0.0930. The number of imide groups is 1. The summed E-state index contributed by atoms with van der Waals surface area (Å²) in [5.41, 5.74) is 6.48. The van der Waals surface area contributed by atoms with Crippen molar-refractivity contribution in [3.63, 3.8) is 0 Å². The van der Waals surface area contributed by atoms with Crippen LogP contribution in [0.15, 0.2) is 48.9 Å². The van der Waals surface area contributed by atoms with Gasteiger partial charge in [0.05, 0.1) is 29.4 Å². The number of hydrogen-bond donors (Lipinski definition) is 3. The maximum Gasteiger partial charge on any atom is 0.234 e. The van der Waals surface area contributed by atoms with E-state index in [1.807, 2.05) is 28.3 Å². The number of imidazole rings is 1. The third kappa shape index (κ3) is 8.19. The van der Waals surface area contributed by atoms with E-state index in [-0.39, 0.29) is 53.5 Å². The first-order valence-electron chi connectivity index (χ1n) is 26.6. The van der Waals surface area contributed by atoms with Crippen molar-refractivity contribution in [2.75, 3.05) is 67.5 Å². The van der Waals surface area contributed by atoms with E-state index in [1.54, 1.807) is 6.20 Å². The molecule has 3 N–H and O–H groups in total. The van der Waals surface area contributed by atoms with E-state index in [1.165, 1.54) is 37.9 Å². The quantitative estimate of drug-likeness (QED) is 0.160. The highest BCUT2D eigenvalue weighted by atomic mass is 16.3. The molecule has 7 fully saturated rings. The summed E-state index contributed by atoms with van der Waals surface area (Å²) in [4.78, 5) is 78.2. The van der Waals surface area contributed by atoms with E-state index < -0.39 is 11.6 Å². The molecule has 1 spiro atoms. The summed E-state index contributed by atoms with van der Waals surface area (Å²) in [5.74, 6) is 0.812. The number of aliphatic hydroxyl groups excluding tert-OH is 1. The van der Waals surface area contributed by atoms with E-state index in [4.69, 9.17) is 9.97 Å². The number of anilines is 3. The van der Waals surface area contributed by atoms with Crippen molar-refractivity contribution in [1.82, 2.24) is 39.5 Å². The number of benzene rings is 1. The maximum absolute atomic E-state index is 14.3. The van der Waals surface area contributed by atoms with Crippen molar-refractivity contribution >= 4 is 52.0 Å². The standard InChI is InChI=1S/C54H69N11O5/c1-33(2)64-32-56-44-29-43(58-49(48(44)64)57-38-8-9-38)35-6-11-42-45(26-35)65(40-27-39(28-40)60-19-4-3-5-20-60)53(70)54(42)17-24-62(25-18-54)52(69)37-16-23-63(31-37)51(68)34-14-21-61(22-15-34)46-12-7-36(30-55-46)41-10-13-47(66)59-50(41)67/h6-7,11-12,26,29-30,32-34,37-41,53,70H,3-5,8-10,13-25,27-28,31H2,1-2H3,(H,57,58)(H,59,66,67)/t37-,39?,40?,41?,53?/m1/s1. The van der Waals surface area contributed by atoms with Gasteiger partial charge in [-0.05, 0) is 133 Å². The average molecular weight is 952 g/mol. The molecule has 2 saturated carbocycles. The van der Waals surface area contributed by atoms with Gasteiger partial charge in [-0.2, -0.15) is 0 Å². The molecular weight excluding hydrogens is 883 g/mol. The Bertz CT molecular complexity index is 2660. The summed E-state index contributed by atoms with van der Waals surface area (Å²) in [7, 11) is 0. The van der Waals surface area contributed by atoms with Gasteiger partial charge in [0.1, 0.15) is 17.6 Å². The molecule has 2 aliphatic carbocycles. The number of aliphatic hydroxyl groups is 1. The van der Waals surface area contributed by atoms with Crippen LogP contribution < -0.4 is 20.4 Å². The number of fused-ring (bicyclic) bond motifs is 3. The molecule has 0 radical (unpaired) electrons. The summed E-state index contributed by atoms with van der Waals surface area (Å²) >= 11 is 0. The first kappa shape index (κ1) is 45.5. The summed E-state index contributed by atoms with van der Waals surface area (Å²) in [6, 6.07) is 14.2. The SMILES string of the molecule is CC(C)n1cnc2cc(-c3ccc4c(c3)N(C3CC(N5CCCCC5)C3)C(O)C43CCN(C(=O)[C@@H]4CCN(C(=O)C5CCN(c6ccc(C7CCC(=O)NC7=O)cn6)CC5)C4)CC3)nc(NC3CC3)c21. The van der Waals surface area contributed by atoms with Crippen LogP contribution in [-0.2, 0) is 24.6 Å². The highest BCUT2D eigenvalue weighted by molar-refractivity contribution is 6.01. The molecule has 1 aromatic carbocycles. The number of carbonyl (C=O) groups is 4. The Kier molecular flexibility index (Phi) is 11.8. The number of hydrogen-bond acceptors (Lipinski definition) is 12. The van der Waals surface area contributed by atoms with E-state index >= 15 is 0 Å². The second-order valence-electron chi connectivity index (χ2n) is 22.2. The number of nitrogens with one attached hydrogen (secondary N) is 2. The van der Waals surface area contributed by atoms with Crippen molar-refractivity contribution in [2.45, 2.75) is 145 Å². The molecule has 70 heavy (non-hydrogen) atoms. The lowest BCUT2D eigenvalue weighted by atomic mass is 9.72. The number of amides is 4. The van der Waals surface area contributed by atoms with Crippen molar-refractivity contribution in [2.24, 2.45) is 11.8 Å². The molecule has 3 aromatic heterocycles. The first-order chi connectivity index (χ1) is 34.0. The molecule has 12 rings (SSSR count). The minimum atomic E-state index is -0.689. The van der Waals surface area contributed by atoms with Gasteiger partial charge in [0.2, 0.25) is 23.6 Å². The smallest absolute Gasteiger partial charge is 0.234 e.